The zero-order valence-electron chi connectivity index (χ0n) is 18.3. The van der Waals surface area contributed by atoms with Crippen LogP contribution in [0.2, 0.25) is 0 Å². The molecule has 0 aromatic heterocycles. The fourth-order valence-corrected chi connectivity index (χ4v) is 5.13. The standard InChI is InChI=1S/C24H32N4O3/c1-3-31-19-7-4-6-16(14-19)10-12-27-24(25-2)26-11-5-13-28-22(29)20-17-8-9-18(15-17)21(20)23(28)30/h4,6-9,14,17-18,20-21H,3,5,10-13,15H2,1-2H3,(H2,25,26,27). The number of imide groups is 1. The number of nitrogens with zero attached hydrogens (tertiary/aromatic N) is 2. The quantitative estimate of drug-likeness (QED) is 0.208. The van der Waals surface area contributed by atoms with Gasteiger partial charge in [0, 0.05) is 26.7 Å². The highest BCUT2D eigenvalue weighted by molar-refractivity contribution is 6.06. The Balaban J connectivity index is 1.17. The summed E-state index contributed by atoms with van der Waals surface area (Å²) in [4.78, 5) is 31.2. The Morgan fingerprint density at radius 2 is 1.84 bits per heavy atom. The second kappa shape index (κ2) is 9.54. The molecule has 2 fully saturated rings. The van der Waals surface area contributed by atoms with Crippen molar-refractivity contribution >= 4 is 17.8 Å². The van der Waals surface area contributed by atoms with Gasteiger partial charge in [-0.05, 0) is 55.7 Å². The maximum Gasteiger partial charge on any atom is 0.233 e. The Labute approximate surface area is 183 Å². The van der Waals surface area contributed by atoms with E-state index < -0.39 is 0 Å². The number of allylic oxidation sites excluding steroid dienone is 2. The van der Waals surface area contributed by atoms with Crippen molar-refractivity contribution in [1.29, 1.82) is 0 Å². The van der Waals surface area contributed by atoms with Gasteiger partial charge in [-0.15, -0.1) is 0 Å². The molecule has 0 radical (unpaired) electrons. The van der Waals surface area contributed by atoms with E-state index in [0.717, 1.165) is 31.1 Å². The van der Waals surface area contributed by atoms with Crippen LogP contribution in [0.5, 0.6) is 5.75 Å². The Bertz CT molecular complexity index is 851. The van der Waals surface area contributed by atoms with Gasteiger partial charge in [-0.25, -0.2) is 0 Å². The maximum atomic E-state index is 12.7. The first kappa shape index (κ1) is 21.4. The largest absolute Gasteiger partial charge is 0.494 e. The van der Waals surface area contributed by atoms with Crippen molar-refractivity contribution in [2.24, 2.45) is 28.7 Å². The van der Waals surface area contributed by atoms with Crippen molar-refractivity contribution in [3.8, 4) is 5.75 Å². The summed E-state index contributed by atoms with van der Waals surface area (Å²) in [5.74, 6) is 2.00. The van der Waals surface area contributed by atoms with Crippen LogP contribution in [-0.2, 0) is 16.0 Å². The van der Waals surface area contributed by atoms with Gasteiger partial charge in [-0.2, -0.15) is 0 Å². The number of benzene rings is 1. The van der Waals surface area contributed by atoms with Crippen LogP contribution < -0.4 is 15.4 Å². The molecule has 2 bridgehead atoms. The van der Waals surface area contributed by atoms with Gasteiger partial charge in [0.15, 0.2) is 5.96 Å². The van der Waals surface area contributed by atoms with Crippen LogP contribution in [0.25, 0.3) is 0 Å². The van der Waals surface area contributed by atoms with Gasteiger partial charge < -0.3 is 15.4 Å². The molecule has 2 N–H and O–H groups in total. The Morgan fingerprint density at radius 3 is 2.52 bits per heavy atom. The smallest absolute Gasteiger partial charge is 0.233 e. The number of carbonyl (C=O) groups is 2. The second-order valence-electron chi connectivity index (χ2n) is 8.44. The number of guanidine groups is 1. The third-order valence-corrected chi connectivity index (χ3v) is 6.55. The summed E-state index contributed by atoms with van der Waals surface area (Å²) in [5.41, 5.74) is 1.20. The number of hydrogen-bond donors (Lipinski definition) is 2. The summed E-state index contributed by atoms with van der Waals surface area (Å²) in [7, 11) is 1.74. The summed E-state index contributed by atoms with van der Waals surface area (Å²) in [5, 5.41) is 6.58. The molecule has 2 aliphatic carbocycles. The number of nitrogens with one attached hydrogen (secondary N) is 2. The zero-order chi connectivity index (χ0) is 21.8. The van der Waals surface area contributed by atoms with E-state index in [1.54, 1.807) is 7.05 Å². The Kier molecular flexibility index (Phi) is 6.59. The monoisotopic (exact) mass is 424 g/mol. The van der Waals surface area contributed by atoms with Crippen molar-refractivity contribution in [3.63, 3.8) is 0 Å². The number of carbonyl (C=O) groups excluding carboxylic acids is 2. The molecule has 4 unspecified atom stereocenters. The van der Waals surface area contributed by atoms with Crippen molar-refractivity contribution in [3.05, 3.63) is 42.0 Å². The number of aliphatic imine (C=N–C) groups is 1. The van der Waals surface area contributed by atoms with E-state index in [2.05, 4.69) is 39.9 Å². The van der Waals surface area contributed by atoms with Crippen LogP contribution in [0, 0.1) is 23.7 Å². The summed E-state index contributed by atoms with van der Waals surface area (Å²) in [6.07, 6.45) is 6.80. The average molecular weight is 425 g/mol. The molecule has 4 rings (SSSR count). The van der Waals surface area contributed by atoms with E-state index in [1.807, 2.05) is 19.1 Å². The molecule has 1 aliphatic heterocycles. The van der Waals surface area contributed by atoms with Gasteiger partial charge in [0.2, 0.25) is 11.8 Å². The zero-order valence-corrected chi connectivity index (χ0v) is 18.3. The summed E-state index contributed by atoms with van der Waals surface area (Å²) >= 11 is 0. The third kappa shape index (κ3) is 4.45. The van der Waals surface area contributed by atoms with Crippen molar-refractivity contribution < 1.29 is 14.3 Å². The molecule has 1 saturated heterocycles. The van der Waals surface area contributed by atoms with E-state index >= 15 is 0 Å². The first-order valence-electron chi connectivity index (χ1n) is 11.3. The minimum atomic E-state index is -0.105. The number of fused-ring (bicyclic) bond motifs is 5. The van der Waals surface area contributed by atoms with Crippen LogP contribution in [-0.4, -0.2) is 56.0 Å². The minimum absolute atomic E-state index is 0.0311. The molecule has 1 saturated carbocycles. The lowest BCUT2D eigenvalue weighted by Gasteiger charge is -2.18. The molecule has 2 amide bonds. The highest BCUT2D eigenvalue weighted by atomic mass is 16.5. The summed E-state index contributed by atoms with van der Waals surface area (Å²) < 4.78 is 5.55. The third-order valence-electron chi connectivity index (χ3n) is 6.55. The van der Waals surface area contributed by atoms with Gasteiger partial charge >= 0.3 is 0 Å². The average Bonchev–Trinajstić information content (AvgIpc) is 3.45. The highest BCUT2D eigenvalue weighted by Crippen LogP contribution is 2.52. The SMILES string of the molecule is CCOc1cccc(CCNC(=NC)NCCCN2C(=O)C3C4C=CC(C4)C3C2=O)c1. The van der Waals surface area contributed by atoms with E-state index in [4.69, 9.17) is 4.74 Å². The molecular weight excluding hydrogens is 392 g/mol. The fraction of sp³-hybridized carbons (Fsp3) is 0.542. The van der Waals surface area contributed by atoms with Crippen LogP contribution in [0.1, 0.15) is 25.3 Å². The van der Waals surface area contributed by atoms with Gasteiger partial charge in [0.05, 0.1) is 18.4 Å². The minimum Gasteiger partial charge on any atom is -0.494 e. The van der Waals surface area contributed by atoms with E-state index in [9.17, 15) is 9.59 Å². The van der Waals surface area contributed by atoms with E-state index in [1.165, 1.54) is 10.5 Å². The van der Waals surface area contributed by atoms with Crippen LogP contribution >= 0.6 is 0 Å². The highest BCUT2D eigenvalue weighted by Gasteiger charge is 2.58. The van der Waals surface area contributed by atoms with Crippen LogP contribution in [0.3, 0.4) is 0 Å². The van der Waals surface area contributed by atoms with E-state index in [0.29, 0.717) is 26.1 Å². The summed E-state index contributed by atoms with van der Waals surface area (Å²) in [6, 6.07) is 8.11. The number of amides is 2. The Hall–Kier alpha value is -2.83. The van der Waals surface area contributed by atoms with Crippen molar-refractivity contribution in [2.75, 3.05) is 33.3 Å². The van der Waals surface area contributed by atoms with Gasteiger partial charge in [-0.3, -0.25) is 19.5 Å². The second-order valence-corrected chi connectivity index (χ2v) is 8.44. The van der Waals surface area contributed by atoms with Gasteiger partial charge in [0.1, 0.15) is 5.75 Å². The van der Waals surface area contributed by atoms with Crippen molar-refractivity contribution in [1.82, 2.24) is 15.5 Å². The normalized spacial score (nSPS) is 26.5. The maximum absolute atomic E-state index is 12.7. The van der Waals surface area contributed by atoms with Crippen LogP contribution in [0.15, 0.2) is 41.4 Å². The Morgan fingerprint density at radius 1 is 1.13 bits per heavy atom. The number of hydrogen-bond acceptors (Lipinski definition) is 4. The molecule has 3 aliphatic rings. The predicted molar refractivity (Wildman–Crippen MR) is 120 cm³/mol. The molecule has 1 aromatic carbocycles. The van der Waals surface area contributed by atoms with Gasteiger partial charge in [0.25, 0.3) is 0 Å². The van der Waals surface area contributed by atoms with Crippen LogP contribution in [0.4, 0.5) is 0 Å². The predicted octanol–water partition coefficient (Wildman–Crippen LogP) is 1.99. The fourth-order valence-electron chi connectivity index (χ4n) is 5.13. The molecule has 31 heavy (non-hydrogen) atoms. The lowest BCUT2D eigenvalue weighted by atomic mass is 9.85. The van der Waals surface area contributed by atoms with Gasteiger partial charge in [-0.1, -0.05) is 24.3 Å². The molecule has 0 spiro atoms. The van der Waals surface area contributed by atoms with Crippen molar-refractivity contribution in [2.45, 2.75) is 26.2 Å². The van der Waals surface area contributed by atoms with E-state index in [-0.39, 0.29) is 35.5 Å². The molecule has 1 heterocycles. The number of likely N-dealkylation sites (tertiary alicyclic amines) is 1. The molecule has 1 aromatic rings. The molecule has 7 heteroatoms. The molecule has 166 valence electrons. The lowest BCUT2D eigenvalue weighted by Crippen LogP contribution is -2.40. The molecule has 7 nitrogen and oxygen atoms in total. The molecule has 4 atom stereocenters. The topological polar surface area (TPSA) is 83.0 Å². The number of ether oxygens (including phenoxy) is 1. The first-order chi connectivity index (χ1) is 15.1. The lowest BCUT2D eigenvalue weighted by molar-refractivity contribution is -0.140. The molecular formula is C24H32N4O3. The first-order valence-corrected chi connectivity index (χ1v) is 11.3. The summed E-state index contributed by atoms with van der Waals surface area (Å²) in [6.45, 7) is 4.51. The number of rotatable bonds is 9.